The van der Waals surface area contributed by atoms with Crippen LogP contribution in [0.5, 0.6) is 5.75 Å². The molecule has 0 atom stereocenters. The van der Waals surface area contributed by atoms with Gasteiger partial charge >= 0.3 is 0 Å². The highest BCUT2D eigenvalue weighted by molar-refractivity contribution is 6.45. The van der Waals surface area contributed by atoms with Gasteiger partial charge in [-0.1, -0.05) is 0 Å². The molecule has 2 aromatic rings. The molecule has 3 rings (SSSR count). The second-order valence-electron chi connectivity index (χ2n) is 5.50. The largest absolute Gasteiger partial charge is 0.496 e. The zero-order valence-electron chi connectivity index (χ0n) is 12.2. The fraction of sp³-hybridized carbons (Fsp3) is 0.375. The van der Waals surface area contributed by atoms with Crippen molar-refractivity contribution in [2.24, 2.45) is 5.92 Å². The normalized spacial score (nSPS) is 14.2. The van der Waals surface area contributed by atoms with E-state index in [1.807, 2.05) is 19.1 Å². The number of aromatic amines is 1. The van der Waals surface area contributed by atoms with Crippen LogP contribution >= 0.6 is 0 Å². The molecule has 0 unspecified atom stereocenters. The lowest BCUT2D eigenvalue weighted by Crippen LogP contribution is -2.32. The van der Waals surface area contributed by atoms with E-state index in [9.17, 15) is 9.59 Å². The van der Waals surface area contributed by atoms with Crippen LogP contribution in [0, 0.1) is 12.8 Å². The summed E-state index contributed by atoms with van der Waals surface area (Å²) in [6.07, 6.45) is 3.87. The average molecular weight is 286 g/mol. The lowest BCUT2D eigenvalue weighted by molar-refractivity contribution is -0.117. The molecule has 1 heterocycles. The van der Waals surface area contributed by atoms with E-state index in [1.54, 1.807) is 13.3 Å². The number of nitrogens with one attached hydrogen (secondary N) is 2. The van der Waals surface area contributed by atoms with Gasteiger partial charge in [0.2, 0.25) is 0 Å². The lowest BCUT2D eigenvalue weighted by atomic mass is 10.0. The Balaban J connectivity index is 1.91. The number of hydrogen-bond acceptors (Lipinski definition) is 3. The third kappa shape index (κ3) is 2.51. The van der Waals surface area contributed by atoms with E-state index >= 15 is 0 Å². The minimum atomic E-state index is -0.537. The molecule has 21 heavy (non-hydrogen) atoms. The Labute approximate surface area is 122 Å². The monoisotopic (exact) mass is 286 g/mol. The number of ketones is 1. The fourth-order valence-corrected chi connectivity index (χ4v) is 2.54. The minimum Gasteiger partial charge on any atom is -0.496 e. The number of amides is 1. The van der Waals surface area contributed by atoms with Gasteiger partial charge in [-0.15, -0.1) is 0 Å². The number of fused-ring (bicyclic) bond motifs is 1. The number of aryl methyl sites for hydroxylation is 1. The van der Waals surface area contributed by atoms with Crippen molar-refractivity contribution in [2.75, 3.05) is 13.7 Å². The van der Waals surface area contributed by atoms with Crippen molar-refractivity contribution in [3.05, 3.63) is 29.5 Å². The van der Waals surface area contributed by atoms with Crippen LogP contribution in [0.2, 0.25) is 0 Å². The van der Waals surface area contributed by atoms with E-state index in [1.165, 1.54) is 0 Å². The molecule has 1 aromatic heterocycles. The maximum Gasteiger partial charge on any atom is 0.292 e. The zero-order chi connectivity index (χ0) is 15.0. The summed E-state index contributed by atoms with van der Waals surface area (Å²) in [6.45, 7) is 2.48. The quantitative estimate of drug-likeness (QED) is 0.654. The SMILES string of the molecule is COc1ccc2[nH]cc(C(=O)C(=O)NCC3CC3)c2c1C. The highest BCUT2D eigenvalue weighted by Crippen LogP contribution is 2.30. The Hall–Kier alpha value is -2.30. The number of methoxy groups -OCH3 is 1. The summed E-state index contributed by atoms with van der Waals surface area (Å²) in [5, 5.41) is 3.46. The first kappa shape index (κ1) is 13.7. The number of H-pyrrole nitrogens is 1. The second kappa shape index (κ2) is 5.24. The summed E-state index contributed by atoms with van der Waals surface area (Å²) in [7, 11) is 1.59. The van der Waals surface area contributed by atoms with Crippen LogP contribution in [0.25, 0.3) is 10.9 Å². The number of Topliss-reactive ketones (excluding diaryl/α,β-unsaturated/α-hetero) is 1. The molecule has 0 spiro atoms. The van der Waals surface area contributed by atoms with Crippen molar-refractivity contribution in [3.63, 3.8) is 0 Å². The van der Waals surface area contributed by atoms with Gasteiger partial charge in [0.15, 0.2) is 0 Å². The van der Waals surface area contributed by atoms with E-state index in [2.05, 4.69) is 10.3 Å². The van der Waals surface area contributed by atoms with Crippen LogP contribution in [-0.2, 0) is 4.79 Å². The molecule has 1 fully saturated rings. The summed E-state index contributed by atoms with van der Waals surface area (Å²) >= 11 is 0. The van der Waals surface area contributed by atoms with Gasteiger partial charge in [-0.25, -0.2) is 0 Å². The Morgan fingerprint density at radius 3 is 2.81 bits per heavy atom. The third-order valence-electron chi connectivity index (χ3n) is 3.98. The van der Waals surface area contributed by atoms with E-state index in [4.69, 9.17) is 4.74 Å². The molecule has 0 aliphatic heterocycles. The highest BCUT2D eigenvalue weighted by atomic mass is 16.5. The van der Waals surface area contributed by atoms with Crippen molar-refractivity contribution in [3.8, 4) is 5.75 Å². The predicted octanol–water partition coefficient (Wildman–Crippen LogP) is 2.19. The van der Waals surface area contributed by atoms with Gasteiger partial charge in [0.05, 0.1) is 12.7 Å². The van der Waals surface area contributed by atoms with Crippen LogP contribution in [0.1, 0.15) is 28.8 Å². The molecule has 1 aliphatic rings. The molecule has 2 N–H and O–H groups in total. The minimum absolute atomic E-state index is 0.398. The van der Waals surface area contributed by atoms with Crippen LogP contribution in [0.3, 0.4) is 0 Å². The first-order valence-corrected chi connectivity index (χ1v) is 7.09. The Morgan fingerprint density at radius 2 is 2.14 bits per heavy atom. The van der Waals surface area contributed by atoms with Crippen LogP contribution in [0.4, 0.5) is 0 Å². The van der Waals surface area contributed by atoms with Crippen molar-refractivity contribution in [1.29, 1.82) is 0 Å². The van der Waals surface area contributed by atoms with E-state index in [0.717, 1.165) is 29.3 Å². The predicted molar refractivity (Wildman–Crippen MR) is 79.7 cm³/mol. The first-order valence-electron chi connectivity index (χ1n) is 7.09. The summed E-state index contributed by atoms with van der Waals surface area (Å²) in [4.78, 5) is 27.3. The van der Waals surface area contributed by atoms with Gasteiger partial charge in [-0.2, -0.15) is 0 Å². The van der Waals surface area contributed by atoms with Crippen LogP contribution in [0.15, 0.2) is 18.3 Å². The van der Waals surface area contributed by atoms with Gasteiger partial charge < -0.3 is 15.0 Å². The maximum absolute atomic E-state index is 12.3. The van der Waals surface area contributed by atoms with Gasteiger partial charge in [0, 0.05) is 29.2 Å². The highest BCUT2D eigenvalue weighted by Gasteiger charge is 2.25. The van der Waals surface area contributed by atoms with Crippen LogP contribution < -0.4 is 10.1 Å². The Kier molecular flexibility index (Phi) is 3.41. The Bertz CT molecular complexity index is 714. The smallest absolute Gasteiger partial charge is 0.292 e. The molecule has 5 nitrogen and oxygen atoms in total. The van der Waals surface area contributed by atoms with Gasteiger partial charge in [-0.05, 0) is 37.8 Å². The molecule has 5 heteroatoms. The molecule has 110 valence electrons. The average Bonchev–Trinajstić information content (AvgIpc) is 3.22. The van der Waals surface area contributed by atoms with E-state index < -0.39 is 11.7 Å². The summed E-state index contributed by atoms with van der Waals surface area (Å²) in [6, 6.07) is 3.69. The summed E-state index contributed by atoms with van der Waals surface area (Å²) in [5.41, 5.74) is 2.08. The molecular formula is C16H18N2O3. The molecule has 0 radical (unpaired) electrons. The van der Waals surface area contributed by atoms with Gasteiger partial charge in [0.25, 0.3) is 11.7 Å². The van der Waals surface area contributed by atoms with Crippen molar-refractivity contribution >= 4 is 22.6 Å². The zero-order valence-corrected chi connectivity index (χ0v) is 12.2. The summed E-state index contributed by atoms with van der Waals surface area (Å²) < 4.78 is 5.28. The third-order valence-corrected chi connectivity index (χ3v) is 3.98. The topological polar surface area (TPSA) is 71.2 Å². The van der Waals surface area contributed by atoms with Crippen molar-refractivity contribution in [1.82, 2.24) is 10.3 Å². The number of aromatic nitrogens is 1. The maximum atomic E-state index is 12.3. The number of benzene rings is 1. The number of hydrogen-bond donors (Lipinski definition) is 2. The lowest BCUT2D eigenvalue weighted by Gasteiger charge is -2.07. The number of ether oxygens (including phenoxy) is 1. The molecule has 1 saturated carbocycles. The molecule has 0 bridgehead atoms. The van der Waals surface area contributed by atoms with E-state index in [-0.39, 0.29) is 0 Å². The molecule has 1 amide bonds. The van der Waals surface area contributed by atoms with E-state index in [0.29, 0.717) is 23.8 Å². The summed E-state index contributed by atoms with van der Waals surface area (Å²) in [5.74, 6) is 0.212. The Morgan fingerprint density at radius 1 is 1.38 bits per heavy atom. The fourth-order valence-electron chi connectivity index (χ4n) is 2.54. The number of rotatable bonds is 5. The standard InChI is InChI=1S/C16H18N2O3/c1-9-13(21-2)6-5-12-14(9)11(8-17-12)15(19)16(20)18-7-10-3-4-10/h5-6,8,10,17H,3-4,7H2,1-2H3,(H,18,20). The number of carbonyl (C=O) groups is 2. The van der Waals surface area contributed by atoms with Gasteiger partial charge in [0.1, 0.15) is 5.75 Å². The molecule has 1 aromatic carbocycles. The van der Waals surface area contributed by atoms with Crippen LogP contribution in [-0.4, -0.2) is 30.3 Å². The van der Waals surface area contributed by atoms with Crippen molar-refractivity contribution in [2.45, 2.75) is 19.8 Å². The molecule has 1 aliphatic carbocycles. The molecule has 0 saturated heterocycles. The second-order valence-corrected chi connectivity index (χ2v) is 5.50. The first-order chi connectivity index (χ1) is 10.1. The number of carbonyl (C=O) groups excluding carboxylic acids is 2. The molecular weight excluding hydrogens is 268 g/mol. The van der Waals surface area contributed by atoms with Gasteiger partial charge in [-0.3, -0.25) is 9.59 Å². The van der Waals surface area contributed by atoms with Crippen molar-refractivity contribution < 1.29 is 14.3 Å².